The second kappa shape index (κ2) is 76.7. The summed E-state index contributed by atoms with van der Waals surface area (Å²) in [5, 5.41) is 10.7. The maximum absolute atomic E-state index is 13.1. The standard InChI is InChI=1S/C83H158O17P2/c1-5-9-13-17-21-25-29-33-37-38-42-44-48-52-56-60-64-68-81(86)94-74-79(100-83(88)70-66-62-58-54-50-46-41-36-32-28-24-20-16-12-8-4)76-98-102(91,92)96-72-77(84)71-95-101(89,90)97-75-78(99-82(87)69-65-61-57-53-49-45-40-35-31-27-23-19-15-11-7-3)73-93-80(85)67-63-59-55-51-47-43-39-34-30-26-22-18-14-10-6-2/h34-35,39-40,77-79,84H,5-33,36-38,41-76H2,1-4H3,(H,89,90)(H,91,92)/b39-34-,40-35-/t77-,78-,79-/m1/s1. The molecule has 0 fully saturated rings. The van der Waals surface area contributed by atoms with Gasteiger partial charge in [0.2, 0.25) is 0 Å². The van der Waals surface area contributed by atoms with E-state index in [1.165, 1.54) is 225 Å². The Labute approximate surface area is 624 Å². The molecule has 0 aromatic rings. The number of rotatable bonds is 82. The number of carbonyl (C=O) groups excluding carboxylic acids is 4. The maximum Gasteiger partial charge on any atom is 0.472 e. The molecular formula is C83H158O17P2. The van der Waals surface area contributed by atoms with Gasteiger partial charge in [0.25, 0.3) is 0 Å². The van der Waals surface area contributed by atoms with Crippen molar-refractivity contribution in [3.8, 4) is 0 Å². The van der Waals surface area contributed by atoms with Crippen LogP contribution in [0.1, 0.15) is 426 Å². The number of unbranched alkanes of at least 4 members (excludes halogenated alkanes) is 52. The van der Waals surface area contributed by atoms with Crippen molar-refractivity contribution in [2.24, 2.45) is 0 Å². The largest absolute Gasteiger partial charge is 0.472 e. The topological polar surface area (TPSA) is 237 Å². The van der Waals surface area contributed by atoms with Crippen molar-refractivity contribution in [3.05, 3.63) is 24.3 Å². The summed E-state index contributed by atoms with van der Waals surface area (Å²) in [5.74, 6) is -2.13. The summed E-state index contributed by atoms with van der Waals surface area (Å²) in [5.41, 5.74) is 0. The normalized spacial score (nSPS) is 13.9. The first-order valence-corrected chi connectivity index (χ1v) is 45.6. The molecule has 602 valence electrons. The molecular weight excluding hydrogens is 1330 g/mol. The predicted molar refractivity (Wildman–Crippen MR) is 418 cm³/mol. The van der Waals surface area contributed by atoms with E-state index in [0.29, 0.717) is 25.7 Å². The van der Waals surface area contributed by atoms with E-state index >= 15 is 0 Å². The molecule has 0 heterocycles. The first-order valence-electron chi connectivity index (χ1n) is 42.6. The van der Waals surface area contributed by atoms with Gasteiger partial charge in [0, 0.05) is 25.7 Å². The fraction of sp³-hybridized carbons (Fsp3) is 0.904. The SMILES string of the molecule is CCCCCCCC/C=C\CCCCCCCC(=O)OC[C@H](COP(=O)(O)OC[C@@H](O)COP(=O)(O)OC[C@@H](COC(=O)CCCCCCCCCCCCCCCCCCC)OC(=O)CCCCCCCCCCCCCCCCC)OC(=O)CCCCCCC/C=C\CCCCCCCC. The van der Waals surface area contributed by atoms with E-state index in [1.807, 2.05) is 0 Å². The molecule has 0 aromatic carbocycles. The van der Waals surface area contributed by atoms with Crippen molar-refractivity contribution in [1.82, 2.24) is 0 Å². The fourth-order valence-corrected chi connectivity index (χ4v) is 14.0. The van der Waals surface area contributed by atoms with Crippen LogP contribution < -0.4 is 0 Å². The van der Waals surface area contributed by atoms with Gasteiger partial charge in [-0.25, -0.2) is 9.13 Å². The average Bonchev–Trinajstić information content (AvgIpc) is 0.926. The number of hydrogen-bond donors (Lipinski definition) is 3. The van der Waals surface area contributed by atoms with Crippen LogP contribution in [0.2, 0.25) is 0 Å². The van der Waals surface area contributed by atoms with Crippen molar-refractivity contribution >= 4 is 39.5 Å². The van der Waals surface area contributed by atoms with Gasteiger partial charge >= 0.3 is 39.5 Å². The van der Waals surface area contributed by atoms with Crippen LogP contribution >= 0.6 is 15.6 Å². The summed E-state index contributed by atoms with van der Waals surface area (Å²) < 4.78 is 68.8. The van der Waals surface area contributed by atoms with Gasteiger partial charge in [-0.1, -0.05) is 347 Å². The number of allylic oxidation sites excluding steroid dienone is 4. The molecule has 0 amide bonds. The van der Waals surface area contributed by atoms with Crippen LogP contribution in [0.15, 0.2) is 24.3 Å². The number of hydrogen-bond acceptors (Lipinski definition) is 15. The molecule has 19 heteroatoms. The zero-order chi connectivity index (χ0) is 74.6. The lowest BCUT2D eigenvalue weighted by molar-refractivity contribution is -0.161. The van der Waals surface area contributed by atoms with Crippen molar-refractivity contribution in [3.63, 3.8) is 0 Å². The molecule has 0 aliphatic heterocycles. The van der Waals surface area contributed by atoms with Crippen LogP contribution in [0.4, 0.5) is 0 Å². The van der Waals surface area contributed by atoms with Gasteiger partial charge in [-0.3, -0.25) is 37.3 Å². The van der Waals surface area contributed by atoms with Gasteiger partial charge in [0.15, 0.2) is 12.2 Å². The van der Waals surface area contributed by atoms with Crippen molar-refractivity contribution in [2.75, 3.05) is 39.6 Å². The molecule has 0 saturated heterocycles. The number of esters is 4. The van der Waals surface area contributed by atoms with E-state index in [9.17, 15) is 43.2 Å². The van der Waals surface area contributed by atoms with Gasteiger partial charge in [0.1, 0.15) is 19.3 Å². The summed E-state index contributed by atoms with van der Waals surface area (Å²) >= 11 is 0. The Balaban J connectivity index is 5.30. The molecule has 0 bridgehead atoms. The lowest BCUT2D eigenvalue weighted by Gasteiger charge is -2.21. The van der Waals surface area contributed by atoms with Crippen LogP contribution in [0.25, 0.3) is 0 Å². The Kier molecular flexibility index (Phi) is 74.9. The highest BCUT2D eigenvalue weighted by molar-refractivity contribution is 7.47. The average molecular weight is 1490 g/mol. The van der Waals surface area contributed by atoms with Crippen LogP contribution in [0.3, 0.4) is 0 Å². The summed E-state index contributed by atoms with van der Waals surface area (Å²) in [6, 6.07) is 0. The van der Waals surface area contributed by atoms with Crippen LogP contribution in [0.5, 0.6) is 0 Å². The minimum Gasteiger partial charge on any atom is -0.462 e. The molecule has 2 unspecified atom stereocenters. The van der Waals surface area contributed by atoms with E-state index in [2.05, 4.69) is 52.0 Å². The third-order valence-electron chi connectivity index (χ3n) is 18.9. The number of aliphatic hydroxyl groups is 1. The lowest BCUT2D eigenvalue weighted by Crippen LogP contribution is -2.30. The highest BCUT2D eigenvalue weighted by Crippen LogP contribution is 2.45. The Morgan fingerprint density at radius 1 is 0.265 bits per heavy atom. The molecule has 5 atom stereocenters. The van der Waals surface area contributed by atoms with Crippen LogP contribution in [-0.4, -0.2) is 96.7 Å². The van der Waals surface area contributed by atoms with Crippen LogP contribution in [-0.2, 0) is 65.4 Å². The van der Waals surface area contributed by atoms with Crippen molar-refractivity contribution in [2.45, 2.75) is 444 Å². The molecule has 0 rings (SSSR count). The quantitative estimate of drug-likeness (QED) is 0.0169. The second-order valence-electron chi connectivity index (χ2n) is 29.1. The predicted octanol–water partition coefficient (Wildman–Crippen LogP) is 24.9. The minimum atomic E-state index is -4.97. The third-order valence-corrected chi connectivity index (χ3v) is 20.8. The molecule has 0 radical (unpaired) electrons. The van der Waals surface area contributed by atoms with Gasteiger partial charge in [0.05, 0.1) is 26.4 Å². The molecule has 102 heavy (non-hydrogen) atoms. The summed E-state index contributed by atoms with van der Waals surface area (Å²) in [6.07, 6.45) is 72.8. The number of phosphoric ester groups is 2. The summed E-state index contributed by atoms with van der Waals surface area (Å²) in [6.45, 7) is 4.99. The first-order chi connectivity index (χ1) is 49.7. The van der Waals surface area contributed by atoms with Gasteiger partial charge < -0.3 is 33.8 Å². The Morgan fingerprint density at radius 3 is 0.676 bits per heavy atom. The first kappa shape index (κ1) is 99.5. The molecule has 0 saturated carbocycles. The maximum atomic E-state index is 13.1. The van der Waals surface area contributed by atoms with E-state index in [0.717, 1.165) is 122 Å². The Morgan fingerprint density at radius 2 is 0.451 bits per heavy atom. The zero-order valence-electron chi connectivity index (χ0n) is 66.1. The number of carbonyl (C=O) groups is 4. The molecule has 0 aliphatic rings. The Hall–Kier alpha value is -2.46. The molecule has 3 N–H and O–H groups in total. The zero-order valence-corrected chi connectivity index (χ0v) is 67.9. The van der Waals surface area contributed by atoms with Crippen molar-refractivity contribution in [1.29, 1.82) is 0 Å². The second-order valence-corrected chi connectivity index (χ2v) is 32.0. The van der Waals surface area contributed by atoms with Gasteiger partial charge in [-0.2, -0.15) is 0 Å². The highest BCUT2D eigenvalue weighted by atomic mass is 31.2. The molecule has 0 spiro atoms. The number of phosphoric acid groups is 2. The minimum absolute atomic E-state index is 0.0912. The van der Waals surface area contributed by atoms with E-state index in [-0.39, 0.29) is 25.7 Å². The monoisotopic (exact) mass is 1490 g/mol. The summed E-state index contributed by atoms with van der Waals surface area (Å²) in [7, 11) is -9.94. The van der Waals surface area contributed by atoms with E-state index in [1.54, 1.807) is 0 Å². The van der Waals surface area contributed by atoms with E-state index in [4.69, 9.17) is 37.0 Å². The van der Waals surface area contributed by atoms with Gasteiger partial charge in [-0.15, -0.1) is 0 Å². The lowest BCUT2D eigenvalue weighted by atomic mass is 10.0. The number of aliphatic hydroxyl groups excluding tert-OH is 1. The summed E-state index contributed by atoms with van der Waals surface area (Å²) in [4.78, 5) is 73.1. The Bertz CT molecular complexity index is 2020. The van der Waals surface area contributed by atoms with Gasteiger partial charge in [-0.05, 0) is 77.0 Å². The fourth-order valence-electron chi connectivity index (χ4n) is 12.4. The van der Waals surface area contributed by atoms with E-state index < -0.39 is 97.5 Å². The molecule has 0 aliphatic carbocycles. The highest BCUT2D eigenvalue weighted by Gasteiger charge is 2.30. The van der Waals surface area contributed by atoms with Crippen molar-refractivity contribution < 1.29 is 80.2 Å². The molecule has 0 aromatic heterocycles. The third kappa shape index (κ3) is 75.8. The van der Waals surface area contributed by atoms with Crippen LogP contribution in [0, 0.1) is 0 Å². The molecule has 17 nitrogen and oxygen atoms in total. The number of ether oxygens (including phenoxy) is 4. The smallest absolute Gasteiger partial charge is 0.462 e.